The van der Waals surface area contributed by atoms with E-state index < -0.39 is 17.6 Å². The zero-order valence-electron chi connectivity index (χ0n) is 21.5. The Morgan fingerprint density at radius 3 is 2.20 bits per heavy atom. The molecule has 206 valence electrons. The molecular weight excluding hydrogens is 519 g/mol. The minimum atomic E-state index is -4.51. The molecule has 4 aromatic rings. The number of halogens is 3. The molecule has 4 rings (SSSR count). The number of alkyl halides is 3. The van der Waals surface area contributed by atoms with Gasteiger partial charge in [0.1, 0.15) is 5.75 Å². The van der Waals surface area contributed by atoms with Crippen molar-refractivity contribution in [3.63, 3.8) is 0 Å². The maximum Gasteiger partial charge on any atom is 0.416 e. The standard InChI is InChI=1S/C31H28F3N3O3/c32-31(33,34)24-12-5-14-26(19-24)37-30(39)23-11-4-13-25(18-23)35-21-29(38)36-27-15-6-16-28(20-27)40-17-7-10-22-8-2-1-3-9-22/h1-6,8-9,11-16,18-20,35H,7,10,17,21H2,(H,36,38)(H,37,39). The first-order valence-corrected chi connectivity index (χ1v) is 12.7. The lowest BCUT2D eigenvalue weighted by molar-refractivity contribution is -0.137. The number of rotatable bonds is 11. The van der Waals surface area contributed by atoms with Gasteiger partial charge in [0.15, 0.2) is 0 Å². The monoisotopic (exact) mass is 547 g/mol. The topological polar surface area (TPSA) is 79.5 Å². The Kier molecular flexibility index (Phi) is 9.40. The number of amides is 2. The Bertz CT molecular complexity index is 1440. The van der Waals surface area contributed by atoms with Crippen LogP contribution in [0.5, 0.6) is 5.75 Å². The van der Waals surface area contributed by atoms with Gasteiger partial charge in [0.05, 0.1) is 18.7 Å². The first-order chi connectivity index (χ1) is 19.3. The molecule has 40 heavy (non-hydrogen) atoms. The second-order valence-corrected chi connectivity index (χ2v) is 8.98. The Hall–Kier alpha value is -4.79. The quantitative estimate of drug-likeness (QED) is 0.176. The summed E-state index contributed by atoms with van der Waals surface area (Å²) >= 11 is 0. The van der Waals surface area contributed by atoms with Gasteiger partial charge in [-0.25, -0.2) is 0 Å². The zero-order valence-corrected chi connectivity index (χ0v) is 21.5. The average Bonchev–Trinajstić information content (AvgIpc) is 2.95. The van der Waals surface area contributed by atoms with Crippen LogP contribution in [0.3, 0.4) is 0 Å². The number of carbonyl (C=O) groups is 2. The predicted octanol–water partition coefficient (Wildman–Crippen LogP) is 7.02. The van der Waals surface area contributed by atoms with E-state index in [-0.39, 0.29) is 23.7 Å². The molecule has 0 aliphatic rings. The van der Waals surface area contributed by atoms with E-state index in [0.717, 1.165) is 25.0 Å². The minimum absolute atomic E-state index is 0.0277. The van der Waals surface area contributed by atoms with E-state index in [0.29, 0.717) is 23.7 Å². The highest BCUT2D eigenvalue weighted by atomic mass is 19.4. The van der Waals surface area contributed by atoms with E-state index in [9.17, 15) is 22.8 Å². The molecule has 0 radical (unpaired) electrons. The highest BCUT2D eigenvalue weighted by Gasteiger charge is 2.30. The van der Waals surface area contributed by atoms with Crippen LogP contribution < -0.4 is 20.7 Å². The van der Waals surface area contributed by atoms with Gasteiger partial charge in [0.2, 0.25) is 5.91 Å². The molecule has 0 spiro atoms. The maximum absolute atomic E-state index is 12.9. The third-order valence-corrected chi connectivity index (χ3v) is 5.86. The summed E-state index contributed by atoms with van der Waals surface area (Å²) in [5.74, 6) is -0.230. The van der Waals surface area contributed by atoms with Crippen LogP contribution in [-0.2, 0) is 17.4 Å². The van der Waals surface area contributed by atoms with E-state index in [1.807, 2.05) is 24.3 Å². The van der Waals surface area contributed by atoms with E-state index >= 15 is 0 Å². The number of hydrogen-bond donors (Lipinski definition) is 3. The summed E-state index contributed by atoms with van der Waals surface area (Å²) in [6.07, 6.45) is -2.74. The zero-order chi connectivity index (χ0) is 28.4. The lowest BCUT2D eigenvalue weighted by Gasteiger charge is -2.12. The van der Waals surface area contributed by atoms with Gasteiger partial charge in [-0.15, -0.1) is 0 Å². The predicted molar refractivity (Wildman–Crippen MR) is 150 cm³/mol. The molecule has 4 aromatic carbocycles. The lowest BCUT2D eigenvalue weighted by atomic mass is 10.1. The highest BCUT2D eigenvalue weighted by Crippen LogP contribution is 2.30. The molecule has 0 heterocycles. The number of ether oxygens (including phenoxy) is 1. The van der Waals surface area contributed by atoms with Gasteiger partial charge in [-0.1, -0.05) is 48.5 Å². The van der Waals surface area contributed by atoms with Crippen molar-refractivity contribution in [3.8, 4) is 5.75 Å². The minimum Gasteiger partial charge on any atom is -0.494 e. The smallest absolute Gasteiger partial charge is 0.416 e. The van der Waals surface area contributed by atoms with Crippen molar-refractivity contribution in [2.24, 2.45) is 0 Å². The molecule has 0 aliphatic heterocycles. The molecule has 0 aliphatic carbocycles. The normalized spacial score (nSPS) is 11.0. The largest absolute Gasteiger partial charge is 0.494 e. The molecule has 0 bridgehead atoms. The molecular formula is C31H28F3N3O3. The first-order valence-electron chi connectivity index (χ1n) is 12.7. The summed E-state index contributed by atoms with van der Waals surface area (Å²) in [5.41, 5.74) is 1.73. The van der Waals surface area contributed by atoms with E-state index in [2.05, 4.69) is 28.1 Å². The van der Waals surface area contributed by atoms with Gasteiger partial charge in [-0.05, 0) is 66.9 Å². The van der Waals surface area contributed by atoms with Gasteiger partial charge in [0.25, 0.3) is 5.91 Å². The van der Waals surface area contributed by atoms with Gasteiger partial charge >= 0.3 is 6.18 Å². The molecule has 0 unspecified atom stereocenters. The van der Waals surface area contributed by atoms with Crippen LogP contribution in [0.4, 0.5) is 30.2 Å². The Morgan fingerprint density at radius 1 is 0.725 bits per heavy atom. The second kappa shape index (κ2) is 13.3. The first kappa shape index (κ1) is 28.2. The van der Waals surface area contributed by atoms with Crippen molar-refractivity contribution < 1.29 is 27.5 Å². The number of nitrogens with one attached hydrogen (secondary N) is 3. The summed E-state index contributed by atoms with van der Waals surface area (Å²) in [4.78, 5) is 25.1. The third kappa shape index (κ3) is 8.62. The summed E-state index contributed by atoms with van der Waals surface area (Å²) in [7, 11) is 0. The maximum atomic E-state index is 12.9. The fraction of sp³-hybridized carbons (Fsp3) is 0.161. The molecule has 0 saturated heterocycles. The van der Waals surface area contributed by atoms with Gasteiger partial charge in [-0.3, -0.25) is 9.59 Å². The molecule has 2 amide bonds. The highest BCUT2D eigenvalue weighted by molar-refractivity contribution is 6.05. The van der Waals surface area contributed by atoms with Gasteiger partial charge < -0.3 is 20.7 Å². The molecule has 0 atom stereocenters. The van der Waals surface area contributed by atoms with Crippen LogP contribution in [0, 0.1) is 0 Å². The Morgan fingerprint density at radius 2 is 1.43 bits per heavy atom. The van der Waals surface area contributed by atoms with E-state index in [1.165, 1.54) is 29.8 Å². The van der Waals surface area contributed by atoms with Gasteiger partial charge in [-0.2, -0.15) is 13.2 Å². The number of benzene rings is 4. The summed E-state index contributed by atoms with van der Waals surface area (Å²) in [6, 6.07) is 28.0. The van der Waals surface area contributed by atoms with Crippen molar-refractivity contribution >= 4 is 28.9 Å². The van der Waals surface area contributed by atoms with E-state index in [1.54, 1.807) is 30.3 Å². The van der Waals surface area contributed by atoms with Crippen LogP contribution >= 0.6 is 0 Å². The van der Waals surface area contributed by atoms with Crippen molar-refractivity contribution in [2.45, 2.75) is 19.0 Å². The summed E-state index contributed by atoms with van der Waals surface area (Å²) < 4.78 is 44.7. The Balaban J connectivity index is 1.25. The van der Waals surface area contributed by atoms with Crippen LogP contribution in [0.1, 0.15) is 27.9 Å². The number of hydrogen-bond acceptors (Lipinski definition) is 4. The van der Waals surface area contributed by atoms with Crippen molar-refractivity contribution in [3.05, 3.63) is 120 Å². The van der Waals surface area contributed by atoms with E-state index in [4.69, 9.17) is 4.74 Å². The fourth-order valence-electron chi connectivity index (χ4n) is 3.91. The second-order valence-electron chi connectivity index (χ2n) is 8.98. The summed E-state index contributed by atoms with van der Waals surface area (Å²) in [6.45, 7) is 0.479. The van der Waals surface area contributed by atoms with Crippen LogP contribution in [-0.4, -0.2) is 25.0 Å². The molecule has 0 aromatic heterocycles. The number of carbonyl (C=O) groups excluding carboxylic acids is 2. The average molecular weight is 548 g/mol. The molecule has 9 heteroatoms. The molecule has 6 nitrogen and oxygen atoms in total. The third-order valence-electron chi connectivity index (χ3n) is 5.86. The SMILES string of the molecule is O=C(CNc1cccc(C(=O)Nc2cccc(C(F)(F)F)c2)c1)Nc1cccc(OCCCc2ccccc2)c1. The fourth-order valence-corrected chi connectivity index (χ4v) is 3.91. The van der Waals surface area contributed by atoms with Crippen LogP contribution in [0.25, 0.3) is 0 Å². The molecule has 0 fully saturated rings. The molecule has 0 saturated carbocycles. The Labute approximate surface area is 230 Å². The van der Waals surface area contributed by atoms with Crippen molar-refractivity contribution in [2.75, 3.05) is 29.1 Å². The number of anilines is 3. The lowest BCUT2D eigenvalue weighted by Crippen LogP contribution is -2.22. The number of aryl methyl sites for hydroxylation is 1. The van der Waals surface area contributed by atoms with Crippen LogP contribution in [0.2, 0.25) is 0 Å². The summed E-state index contributed by atoms with van der Waals surface area (Å²) in [5, 5.41) is 8.23. The van der Waals surface area contributed by atoms with Crippen molar-refractivity contribution in [1.29, 1.82) is 0 Å². The van der Waals surface area contributed by atoms with Crippen LogP contribution in [0.15, 0.2) is 103 Å². The van der Waals surface area contributed by atoms with Gasteiger partial charge in [0, 0.05) is 28.7 Å². The molecule has 3 N–H and O–H groups in total. The van der Waals surface area contributed by atoms with Crippen molar-refractivity contribution in [1.82, 2.24) is 0 Å².